The highest BCUT2D eigenvalue weighted by Crippen LogP contribution is 2.18. The molecule has 0 saturated carbocycles. The molecule has 2 N–H and O–H groups in total. The van der Waals surface area contributed by atoms with Crippen molar-refractivity contribution >= 4 is 21.6 Å². The van der Waals surface area contributed by atoms with Gasteiger partial charge in [-0.05, 0) is 56.2 Å². The molecule has 25 heavy (non-hydrogen) atoms. The van der Waals surface area contributed by atoms with Crippen LogP contribution in [0.4, 0.5) is 10.1 Å². The van der Waals surface area contributed by atoms with Crippen molar-refractivity contribution in [2.45, 2.75) is 38.1 Å². The molecule has 134 valence electrons. The summed E-state index contributed by atoms with van der Waals surface area (Å²) in [4.78, 5) is 12.2. The number of sulfonamides is 1. The summed E-state index contributed by atoms with van der Waals surface area (Å²) in [7, 11) is -3.81. The fourth-order valence-electron chi connectivity index (χ4n) is 2.25. The standard InChI is InChI=1S/C18H21FN2O3S/c1-4-13-5-7-14(8-6-13)20-18(22)16-11-15(9-10-17(16)19)25(23,24)21-12(2)3/h5-12,21H,4H2,1-3H3,(H,20,22). The molecule has 0 spiro atoms. The van der Waals surface area contributed by atoms with Crippen LogP contribution in [-0.2, 0) is 16.4 Å². The molecule has 0 atom stereocenters. The highest BCUT2D eigenvalue weighted by molar-refractivity contribution is 7.89. The van der Waals surface area contributed by atoms with E-state index in [1.807, 2.05) is 19.1 Å². The molecule has 1 amide bonds. The lowest BCUT2D eigenvalue weighted by molar-refractivity contribution is 0.102. The third-order valence-corrected chi connectivity index (χ3v) is 5.16. The van der Waals surface area contributed by atoms with Gasteiger partial charge in [0.15, 0.2) is 0 Å². The van der Waals surface area contributed by atoms with Crippen molar-refractivity contribution in [3.05, 3.63) is 59.4 Å². The summed E-state index contributed by atoms with van der Waals surface area (Å²) in [6.07, 6.45) is 0.867. The summed E-state index contributed by atoms with van der Waals surface area (Å²) in [5.41, 5.74) is 1.29. The lowest BCUT2D eigenvalue weighted by Crippen LogP contribution is -2.30. The minimum atomic E-state index is -3.81. The first-order chi connectivity index (χ1) is 11.7. The van der Waals surface area contributed by atoms with Gasteiger partial charge in [-0.15, -0.1) is 0 Å². The van der Waals surface area contributed by atoms with E-state index >= 15 is 0 Å². The average Bonchev–Trinajstić information content (AvgIpc) is 2.54. The third-order valence-electron chi connectivity index (χ3n) is 3.50. The first kappa shape index (κ1) is 19.1. The monoisotopic (exact) mass is 364 g/mol. The minimum absolute atomic E-state index is 0.158. The number of hydrogen-bond donors (Lipinski definition) is 2. The van der Waals surface area contributed by atoms with Crippen LogP contribution < -0.4 is 10.0 Å². The number of anilines is 1. The second kappa shape index (κ2) is 7.76. The number of rotatable bonds is 6. The van der Waals surface area contributed by atoms with E-state index in [0.717, 1.165) is 30.2 Å². The Morgan fingerprint density at radius 3 is 2.32 bits per heavy atom. The van der Waals surface area contributed by atoms with Gasteiger partial charge in [0, 0.05) is 11.7 Å². The molecular weight excluding hydrogens is 343 g/mol. The fourth-order valence-corrected chi connectivity index (χ4v) is 3.52. The normalized spacial score (nSPS) is 11.6. The van der Waals surface area contributed by atoms with Crippen molar-refractivity contribution in [3.8, 4) is 0 Å². The van der Waals surface area contributed by atoms with Crippen molar-refractivity contribution in [2.75, 3.05) is 5.32 Å². The van der Waals surface area contributed by atoms with Gasteiger partial charge in [-0.3, -0.25) is 4.79 Å². The van der Waals surface area contributed by atoms with Crippen molar-refractivity contribution in [1.29, 1.82) is 0 Å². The van der Waals surface area contributed by atoms with Gasteiger partial charge in [-0.25, -0.2) is 17.5 Å². The summed E-state index contributed by atoms with van der Waals surface area (Å²) in [6, 6.07) is 9.99. The van der Waals surface area contributed by atoms with Crippen molar-refractivity contribution in [3.63, 3.8) is 0 Å². The molecule has 2 aromatic rings. The number of nitrogens with one attached hydrogen (secondary N) is 2. The van der Waals surface area contributed by atoms with Gasteiger partial charge < -0.3 is 5.32 Å². The zero-order chi connectivity index (χ0) is 18.6. The zero-order valence-electron chi connectivity index (χ0n) is 14.3. The molecule has 0 bridgehead atoms. The maximum absolute atomic E-state index is 14.0. The number of hydrogen-bond acceptors (Lipinski definition) is 3. The molecular formula is C18H21FN2O3S. The predicted molar refractivity (Wildman–Crippen MR) is 95.6 cm³/mol. The number of carbonyl (C=O) groups excluding carboxylic acids is 1. The molecule has 0 fully saturated rings. The van der Waals surface area contributed by atoms with E-state index in [0.29, 0.717) is 5.69 Å². The summed E-state index contributed by atoms with van der Waals surface area (Å²) < 4.78 is 40.8. The number of carbonyl (C=O) groups is 1. The molecule has 0 aliphatic rings. The third kappa shape index (κ3) is 4.87. The Morgan fingerprint density at radius 2 is 1.76 bits per heavy atom. The second-order valence-electron chi connectivity index (χ2n) is 5.92. The van der Waals surface area contributed by atoms with Gasteiger partial charge >= 0.3 is 0 Å². The maximum Gasteiger partial charge on any atom is 0.258 e. The Kier molecular flexibility index (Phi) is 5.92. The molecule has 0 aliphatic heterocycles. The van der Waals surface area contributed by atoms with Crippen LogP contribution in [0.5, 0.6) is 0 Å². The summed E-state index contributed by atoms with van der Waals surface area (Å²) in [5.74, 6) is -1.49. The molecule has 0 aliphatic carbocycles. The molecule has 0 saturated heterocycles. The number of amides is 1. The Bertz CT molecular complexity index is 862. The first-order valence-electron chi connectivity index (χ1n) is 7.95. The van der Waals surface area contributed by atoms with Crippen LogP contribution in [0.1, 0.15) is 36.7 Å². The summed E-state index contributed by atoms with van der Waals surface area (Å²) >= 11 is 0. The Morgan fingerprint density at radius 1 is 1.12 bits per heavy atom. The van der Waals surface area contributed by atoms with Crippen LogP contribution in [-0.4, -0.2) is 20.4 Å². The smallest absolute Gasteiger partial charge is 0.258 e. The molecule has 0 radical (unpaired) electrons. The highest BCUT2D eigenvalue weighted by Gasteiger charge is 2.20. The quantitative estimate of drug-likeness (QED) is 0.826. The Hall–Kier alpha value is -2.25. The van der Waals surface area contributed by atoms with Crippen LogP contribution in [0, 0.1) is 5.82 Å². The molecule has 0 unspecified atom stereocenters. The van der Waals surface area contributed by atoms with E-state index in [1.54, 1.807) is 26.0 Å². The van der Waals surface area contributed by atoms with Gasteiger partial charge in [0.1, 0.15) is 5.82 Å². The number of benzene rings is 2. The molecule has 5 nitrogen and oxygen atoms in total. The minimum Gasteiger partial charge on any atom is -0.322 e. The van der Waals surface area contributed by atoms with Crippen LogP contribution in [0.25, 0.3) is 0 Å². The van der Waals surface area contributed by atoms with E-state index in [2.05, 4.69) is 10.0 Å². The second-order valence-corrected chi connectivity index (χ2v) is 7.64. The van der Waals surface area contributed by atoms with Gasteiger partial charge in [0.05, 0.1) is 10.5 Å². The van der Waals surface area contributed by atoms with E-state index < -0.39 is 21.7 Å². The molecule has 7 heteroatoms. The van der Waals surface area contributed by atoms with E-state index in [-0.39, 0.29) is 16.5 Å². The Labute approximate surface area is 147 Å². The van der Waals surface area contributed by atoms with Crippen molar-refractivity contribution < 1.29 is 17.6 Å². The van der Waals surface area contributed by atoms with Crippen molar-refractivity contribution in [2.24, 2.45) is 0 Å². The largest absolute Gasteiger partial charge is 0.322 e. The molecule has 2 rings (SSSR count). The van der Waals surface area contributed by atoms with Crippen LogP contribution >= 0.6 is 0 Å². The van der Waals surface area contributed by atoms with Gasteiger partial charge in [-0.2, -0.15) is 0 Å². The zero-order valence-corrected chi connectivity index (χ0v) is 15.2. The lowest BCUT2D eigenvalue weighted by Gasteiger charge is -2.11. The van der Waals surface area contributed by atoms with Gasteiger partial charge in [-0.1, -0.05) is 19.1 Å². The van der Waals surface area contributed by atoms with Crippen LogP contribution in [0.15, 0.2) is 47.4 Å². The van der Waals surface area contributed by atoms with Crippen LogP contribution in [0.3, 0.4) is 0 Å². The number of halogens is 1. The topological polar surface area (TPSA) is 75.3 Å². The SMILES string of the molecule is CCc1ccc(NC(=O)c2cc(S(=O)(=O)NC(C)C)ccc2F)cc1. The van der Waals surface area contributed by atoms with E-state index in [4.69, 9.17) is 0 Å². The lowest BCUT2D eigenvalue weighted by atomic mass is 10.1. The van der Waals surface area contributed by atoms with E-state index in [9.17, 15) is 17.6 Å². The Balaban J connectivity index is 2.28. The number of aryl methyl sites for hydroxylation is 1. The van der Waals surface area contributed by atoms with Gasteiger partial charge in [0.2, 0.25) is 10.0 Å². The molecule has 0 aromatic heterocycles. The van der Waals surface area contributed by atoms with Gasteiger partial charge in [0.25, 0.3) is 5.91 Å². The maximum atomic E-state index is 14.0. The van der Waals surface area contributed by atoms with E-state index in [1.165, 1.54) is 0 Å². The summed E-state index contributed by atoms with van der Waals surface area (Å²) in [6.45, 7) is 5.36. The summed E-state index contributed by atoms with van der Waals surface area (Å²) in [5, 5.41) is 2.58. The average molecular weight is 364 g/mol. The highest BCUT2D eigenvalue weighted by atomic mass is 32.2. The first-order valence-corrected chi connectivity index (χ1v) is 9.43. The van der Waals surface area contributed by atoms with Crippen molar-refractivity contribution in [1.82, 2.24) is 4.72 Å². The molecule has 0 heterocycles. The van der Waals surface area contributed by atoms with Crippen LogP contribution in [0.2, 0.25) is 0 Å². The molecule has 2 aromatic carbocycles. The predicted octanol–water partition coefficient (Wildman–Crippen LogP) is 3.33. The fraction of sp³-hybridized carbons (Fsp3) is 0.278.